The summed E-state index contributed by atoms with van der Waals surface area (Å²) >= 11 is 0. The van der Waals surface area contributed by atoms with Gasteiger partial charge in [-0.3, -0.25) is 4.98 Å². The van der Waals surface area contributed by atoms with Crippen molar-refractivity contribution in [3.05, 3.63) is 59.4 Å². The van der Waals surface area contributed by atoms with E-state index in [1.165, 1.54) is 10.4 Å². The van der Waals surface area contributed by atoms with Crippen molar-refractivity contribution in [2.45, 2.75) is 36.8 Å². The number of rotatable bonds is 4. The molecule has 1 saturated heterocycles. The highest BCUT2D eigenvalue weighted by Crippen LogP contribution is 2.28. The molecule has 1 aromatic carbocycles. The van der Waals surface area contributed by atoms with E-state index in [0.717, 1.165) is 31.5 Å². The minimum atomic E-state index is -4.49. The zero-order chi connectivity index (χ0) is 18.8. The van der Waals surface area contributed by atoms with Gasteiger partial charge in [-0.05, 0) is 36.1 Å². The fraction of sp³-hybridized carbons (Fsp3) is 0.389. The summed E-state index contributed by atoms with van der Waals surface area (Å²) in [6.07, 6.45) is -0.450. The van der Waals surface area contributed by atoms with Gasteiger partial charge in [0.2, 0.25) is 10.0 Å². The van der Waals surface area contributed by atoms with Crippen molar-refractivity contribution in [3.63, 3.8) is 0 Å². The van der Waals surface area contributed by atoms with Gasteiger partial charge in [-0.2, -0.15) is 17.5 Å². The number of nitrogens with zero attached hydrogens (tertiary/aromatic N) is 2. The molecule has 0 N–H and O–H groups in total. The van der Waals surface area contributed by atoms with Crippen LogP contribution in [0.4, 0.5) is 13.2 Å². The van der Waals surface area contributed by atoms with Gasteiger partial charge in [-0.15, -0.1) is 0 Å². The summed E-state index contributed by atoms with van der Waals surface area (Å²) < 4.78 is 65.3. The van der Waals surface area contributed by atoms with Gasteiger partial charge in [-0.25, -0.2) is 8.42 Å². The molecule has 0 amide bonds. The van der Waals surface area contributed by atoms with E-state index in [-0.39, 0.29) is 11.3 Å². The van der Waals surface area contributed by atoms with Gasteiger partial charge in [0.15, 0.2) is 0 Å². The molecule has 0 aliphatic carbocycles. The highest BCUT2D eigenvalue weighted by atomic mass is 32.2. The molecule has 26 heavy (non-hydrogen) atoms. The maximum atomic E-state index is 12.9. The molecule has 3 rings (SSSR count). The van der Waals surface area contributed by atoms with Crippen molar-refractivity contribution < 1.29 is 21.6 Å². The Morgan fingerprint density at radius 2 is 1.69 bits per heavy atom. The minimum absolute atomic E-state index is 0.203. The lowest BCUT2D eigenvalue weighted by Gasteiger charge is -2.26. The third-order valence-electron chi connectivity index (χ3n) is 4.42. The zero-order valence-corrected chi connectivity index (χ0v) is 14.9. The first-order chi connectivity index (χ1) is 12.3. The first-order valence-corrected chi connectivity index (χ1v) is 9.83. The summed E-state index contributed by atoms with van der Waals surface area (Å²) in [7, 11) is -3.61. The van der Waals surface area contributed by atoms with E-state index in [1.54, 1.807) is 24.3 Å². The summed E-state index contributed by atoms with van der Waals surface area (Å²) in [5.74, 6) is 0. The van der Waals surface area contributed by atoms with Gasteiger partial charge in [0.1, 0.15) is 5.69 Å². The van der Waals surface area contributed by atoms with E-state index >= 15 is 0 Å². The van der Waals surface area contributed by atoms with E-state index in [2.05, 4.69) is 4.98 Å². The maximum absolute atomic E-state index is 12.9. The molecule has 1 aromatic heterocycles. The second-order valence-corrected chi connectivity index (χ2v) is 8.21. The Morgan fingerprint density at radius 3 is 2.31 bits per heavy atom. The quantitative estimate of drug-likeness (QED) is 0.804. The molecular weight excluding hydrogens is 365 g/mol. The first-order valence-electron chi connectivity index (χ1n) is 8.39. The molecule has 0 saturated carbocycles. The Labute approximate surface area is 150 Å². The van der Waals surface area contributed by atoms with Crippen molar-refractivity contribution in [2.24, 2.45) is 0 Å². The van der Waals surface area contributed by atoms with Crippen molar-refractivity contribution in [2.75, 3.05) is 13.1 Å². The smallest absolute Gasteiger partial charge is 0.251 e. The van der Waals surface area contributed by atoms with Crippen LogP contribution in [0.2, 0.25) is 0 Å². The SMILES string of the molecule is O=S(=O)(c1ccccc1Cc1ccc(C(F)(F)F)nc1)N1CCCCC1. The van der Waals surface area contributed by atoms with E-state index in [0.29, 0.717) is 24.2 Å². The summed E-state index contributed by atoms with van der Waals surface area (Å²) in [5.41, 5.74) is 0.120. The minimum Gasteiger partial charge on any atom is -0.251 e. The molecule has 4 nitrogen and oxygen atoms in total. The maximum Gasteiger partial charge on any atom is 0.433 e. The second kappa shape index (κ2) is 7.36. The van der Waals surface area contributed by atoms with Crippen LogP contribution in [0.15, 0.2) is 47.5 Å². The largest absolute Gasteiger partial charge is 0.433 e. The van der Waals surface area contributed by atoms with Crippen LogP contribution in [-0.4, -0.2) is 30.8 Å². The fourth-order valence-corrected chi connectivity index (χ4v) is 4.80. The summed E-state index contributed by atoms with van der Waals surface area (Å²) in [6.45, 7) is 0.997. The molecule has 0 atom stereocenters. The molecule has 1 aliphatic heterocycles. The Balaban J connectivity index is 1.88. The Bertz CT molecular complexity index is 859. The van der Waals surface area contributed by atoms with Gasteiger partial charge in [0.25, 0.3) is 0 Å². The lowest BCUT2D eigenvalue weighted by molar-refractivity contribution is -0.141. The number of hydrogen-bond donors (Lipinski definition) is 0. The van der Waals surface area contributed by atoms with Gasteiger partial charge < -0.3 is 0 Å². The number of sulfonamides is 1. The van der Waals surface area contributed by atoms with Crippen LogP contribution in [0.1, 0.15) is 36.1 Å². The average Bonchev–Trinajstić information content (AvgIpc) is 2.62. The number of pyridine rings is 1. The molecule has 1 fully saturated rings. The first kappa shape index (κ1) is 18.8. The van der Waals surface area contributed by atoms with Crippen molar-refractivity contribution >= 4 is 10.0 Å². The fourth-order valence-electron chi connectivity index (χ4n) is 3.06. The van der Waals surface area contributed by atoms with Crippen molar-refractivity contribution in [1.82, 2.24) is 9.29 Å². The third-order valence-corrected chi connectivity index (χ3v) is 6.41. The van der Waals surface area contributed by atoms with Gasteiger partial charge >= 0.3 is 6.18 Å². The van der Waals surface area contributed by atoms with Crippen molar-refractivity contribution in [3.8, 4) is 0 Å². The molecular formula is C18H19F3N2O2S. The predicted octanol–water partition coefficient (Wildman–Crippen LogP) is 3.87. The molecule has 0 radical (unpaired) electrons. The standard InChI is InChI=1S/C18H19F3N2O2S/c19-18(20,21)17-9-8-14(13-22-17)12-15-6-2-3-7-16(15)26(24,25)23-10-4-1-5-11-23/h2-3,6-9,13H,1,4-5,10-12H2. The summed E-state index contributed by atoms with van der Waals surface area (Å²) in [5, 5.41) is 0. The third kappa shape index (κ3) is 4.07. The molecule has 0 spiro atoms. The van der Waals surface area contributed by atoms with Crippen LogP contribution in [0.25, 0.3) is 0 Å². The highest BCUT2D eigenvalue weighted by Gasteiger charge is 2.32. The number of piperidine rings is 1. The predicted molar refractivity (Wildman–Crippen MR) is 91.1 cm³/mol. The van der Waals surface area contributed by atoms with Crippen LogP contribution < -0.4 is 0 Å². The Kier molecular flexibility index (Phi) is 5.34. The van der Waals surface area contributed by atoms with Gasteiger partial charge in [-0.1, -0.05) is 30.7 Å². The van der Waals surface area contributed by atoms with Gasteiger partial charge in [0, 0.05) is 25.7 Å². The topological polar surface area (TPSA) is 50.3 Å². The molecule has 1 aliphatic rings. The zero-order valence-electron chi connectivity index (χ0n) is 14.0. The second-order valence-electron chi connectivity index (χ2n) is 6.30. The number of hydrogen-bond acceptors (Lipinski definition) is 3. The van der Waals surface area contributed by atoms with Crippen LogP contribution in [0, 0.1) is 0 Å². The molecule has 0 unspecified atom stereocenters. The lowest BCUT2D eigenvalue weighted by Crippen LogP contribution is -2.36. The van der Waals surface area contributed by atoms with Gasteiger partial charge in [0.05, 0.1) is 4.90 Å². The van der Waals surface area contributed by atoms with E-state index in [4.69, 9.17) is 0 Å². The molecule has 2 aromatic rings. The summed E-state index contributed by atoms with van der Waals surface area (Å²) in [6, 6.07) is 8.87. The normalized spacial score (nSPS) is 16.6. The average molecular weight is 384 g/mol. The molecule has 0 bridgehead atoms. The Morgan fingerprint density at radius 1 is 1.00 bits per heavy atom. The van der Waals surface area contributed by atoms with Crippen LogP contribution in [0.5, 0.6) is 0 Å². The van der Waals surface area contributed by atoms with Crippen LogP contribution in [-0.2, 0) is 22.6 Å². The van der Waals surface area contributed by atoms with Crippen LogP contribution >= 0.6 is 0 Å². The van der Waals surface area contributed by atoms with E-state index in [1.807, 2.05) is 0 Å². The lowest BCUT2D eigenvalue weighted by atomic mass is 10.1. The summed E-state index contributed by atoms with van der Waals surface area (Å²) in [4.78, 5) is 3.65. The van der Waals surface area contributed by atoms with E-state index in [9.17, 15) is 21.6 Å². The van der Waals surface area contributed by atoms with Crippen molar-refractivity contribution in [1.29, 1.82) is 0 Å². The number of benzene rings is 1. The number of halogens is 3. The highest BCUT2D eigenvalue weighted by molar-refractivity contribution is 7.89. The Hall–Kier alpha value is -1.93. The molecule has 2 heterocycles. The monoisotopic (exact) mass is 384 g/mol. The van der Waals surface area contributed by atoms with E-state index < -0.39 is 21.9 Å². The molecule has 8 heteroatoms. The van der Waals surface area contributed by atoms with Crippen LogP contribution in [0.3, 0.4) is 0 Å². The number of aromatic nitrogens is 1. The molecule has 140 valence electrons. The number of alkyl halides is 3.